The predicted octanol–water partition coefficient (Wildman–Crippen LogP) is 2.44. The van der Waals surface area contributed by atoms with Crippen molar-refractivity contribution in [3.63, 3.8) is 0 Å². The number of carboxylic acids is 1. The molecule has 1 aliphatic rings. The lowest BCUT2D eigenvalue weighted by Gasteiger charge is -2.47. The molecule has 1 rings (SSSR count). The second kappa shape index (κ2) is 6.77. The predicted molar refractivity (Wildman–Crippen MR) is 80.9 cm³/mol. The van der Waals surface area contributed by atoms with E-state index in [0.717, 1.165) is 6.42 Å². The van der Waals surface area contributed by atoms with E-state index in [-0.39, 0.29) is 29.9 Å². The molecule has 1 fully saturated rings. The highest BCUT2D eigenvalue weighted by molar-refractivity contribution is 5.77. The molecular weight excluding hydrogens is 270 g/mol. The van der Waals surface area contributed by atoms with Crippen LogP contribution in [0.25, 0.3) is 0 Å². The minimum atomic E-state index is -1.18. The fourth-order valence-corrected chi connectivity index (χ4v) is 3.21. The Hall–Kier alpha value is -1.10. The van der Waals surface area contributed by atoms with Crippen LogP contribution in [0.5, 0.6) is 0 Å². The smallest absolute Gasteiger partial charge is 0.335 e. The number of carbonyl (C=O) groups is 2. The van der Waals surface area contributed by atoms with Crippen molar-refractivity contribution in [3.05, 3.63) is 0 Å². The van der Waals surface area contributed by atoms with E-state index < -0.39 is 11.6 Å². The monoisotopic (exact) mass is 299 g/mol. The van der Waals surface area contributed by atoms with Gasteiger partial charge >= 0.3 is 5.97 Å². The Bertz CT molecular complexity index is 398. The van der Waals surface area contributed by atoms with Crippen LogP contribution >= 0.6 is 0 Å². The van der Waals surface area contributed by atoms with Crippen molar-refractivity contribution in [1.29, 1.82) is 0 Å². The number of ether oxygens (including phenoxy) is 1. The molecule has 0 bridgehead atoms. The van der Waals surface area contributed by atoms with Crippen molar-refractivity contribution in [2.75, 3.05) is 0 Å². The van der Waals surface area contributed by atoms with Crippen molar-refractivity contribution in [2.45, 2.75) is 72.1 Å². The first-order chi connectivity index (χ1) is 9.62. The van der Waals surface area contributed by atoms with E-state index in [1.165, 1.54) is 6.92 Å². The third kappa shape index (κ3) is 3.96. The van der Waals surface area contributed by atoms with Gasteiger partial charge in [0.05, 0.1) is 12.1 Å². The van der Waals surface area contributed by atoms with Crippen molar-refractivity contribution in [3.8, 4) is 0 Å². The molecule has 4 unspecified atom stereocenters. The van der Waals surface area contributed by atoms with Gasteiger partial charge in [-0.2, -0.15) is 0 Å². The van der Waals surface area contributed by atoms with Crippen molar-refractivity contribution in [2.24, 2.45) is 17.8 Å². The molecule has 1 saturated heterocycles. The first kappa shape index (κ1) is 18.0. The van der Waals surface area contributed by atoms with E-state index in [0.29, 0.717) is 12.3 Å². The lowest BCUT2D eigenvalue weighted by atomic mass is 9.75. The Balaban J connectivity index is 3.07. The van der Waals surface area contributed by atoms with Gasteiger partial charge in [0.15, 0.2) is 5.60 Å². The van der Waals surface area contributed by atoms with Gasteiger partial charge in [0.1, 0.15) is 0 Å². The largest absolute Gasteiger partial charge is 0.479 e. The molecule has 0 aliphatic carbocycles. The van der Waals surface area contributed by atoms with Gasteiger partial charge in [0, 0.05) is 6.92 Å². The van der Waals surface area contributed by atoms with Crippen LogP contribution < -0.4 is 5.32 Å². The normalized spacial score (nSPS) is 35.8. The first-order valence-corrected chi connectivity index (χ1v) is 7.80. The molecule has 21 heavy (non-hydrogen) atoms. The van der Waals surface area contributed by atoms with E-state index in [4.69, 9.17) is 4.74 Å². The van der Waals surface area contributed by atoms with Gasteiger partial charge in [-0.05, 0) is 31.1 Å². The third-order valence-electron chi connectivity index (χ3n) is 4.96. The zero-order valence-electron chi connectivity index (χ0n) is 14.0. The summed E-state index contributed by atoms with van der Waals surface area (Å²) in [5.74, 6) is -0.407. The van der Waals surface area contributed by atoms with Gasteiger partial charge in [-0.1, -0.05) is 34.1 Å². The summed E-state index contributed by atoms with van der Waals surface area (Å²) in [6.45, 7) is 11.4. The van der Waals surface area contributed by atoms with Gasteiger partial charge in [-0.25, -0.2) is 4.79 Å². The summed E-state index contributed by atoms with van der Waals surface area (Å²) < 4.78 is 5.99. The van der Waals surface area contributed by atoms with E-state index in [1.54, 1.807) is 6.92 Å². The Kier molecular flexibility index (Phi) is 5.79. The number of nitrogens with one attached hydrogen (secondary N) is 1. The molecule has 6 atom stereocenters. The third-order valence-corrected chi connectivity index (χ3v) is 4.96. The molecule has 0 radical (unpaired) electrons. The zero-order chi connectivity index (χ0) is 16.4. The van der Waals surface area contributed by atoms with Gasteiger partial charge in [-0.15, -0.1) is 0 Å². The fourth-order valence-electron chi connectivity index (χ4n) is 3.21. The van der Waals surface area contributed by atoms with E-state index in [1.807, 2.05) is 6.92 Å². The highest BCUT2D eigenvalue weighted by atomic mass is 16.5. The van der Waals surface area contributed by atoms with Gasteiger partial charge in [-0.3, -0.25) is 4.79 Å². The highest BCUT2D eigenvalue weighted by Gasteiger charge is 2.49. The Morgan fingerprint density at radius 2 is 2.00 bits per heavy atom. The van der Waals surface area contributed by atoms with Gasteiger partial charge < -0.3 is 15.2 Å². The maximum absolute atomic E-state index is 11.5. The molecule has 1 amide bonds. The standard InChI is InChI=1S/C16H29NO4/c1-7-9(2)11(4)14-13(17-12(5)18)10(3)8-16(6,21-14)15(19)20/h9-11,13-14H,7-8H2,1-6H3,(H,17,18)(H,19,20)/t9-,10?,11-,13?,14?,16?/m1/s1. The number of carboxylic acid groups (broad SMARTS) is 1. The minimum Gasteiger partial charge on any atom is -0.479 e. The van der Waals surface area contributed by atoms with Gasteiger partial charge in [0.25, 0.3) is 0 Å². The summed E-state index contributed by atoms with van der Waals surface area (Å²) in [6.07, 6.45) is 1.11. The van der Waals surface area contributed by atoms with Crippen LogP contribution in [0.1, 0.15) is 54.4 Å². The maximum atomic E-state index is 11.5. The molecular formula is C16H29NO4. The maximum Gasteiger partial charge on any atom is 0.335 e. The van der Waals surface area contributed by atoms with Crippen LogP contribution in [0.2, 0.25) is 0 Å². The number of aliphatic carboxylic acids is 1. The molecule has 122 valence electrons. The van der Waals surface area contributed by atoms with Crippen molar-refractivity contribution < 1.29 is 19.4 Å². The first-order valence-electron chi connectivity index (χ1n) is 7.80. The Morgan fingerprint density at radius 3 is 2.43 bits per heavy atom. The van der Waals surface area contributed by atoms with Crippen LogP contribution in [0.3, 0.4) is 0 Å². The van der Waals surface area contributed by atoms with Gasteiger partial charge in [0.2, 0.25) is 5.91 Å². The Morgan fingerprint density at radius 1 is 1.43 bits per heavy atom. The average molecular weight is 299 g/mol. The van der Waals surface area contributed by atoms with Crippen LogP contribution in [-0.2, 0) is 14.3 Å². The zero-order valence-corrected chi connectivity index (χ0v) is 14.0. The van der Waals surface area contributed by atoms with Crippen LogP contribution in [-0.4, -0.2) is 34.7 Å². The Labute approximate surface area is 127 Å². The molecule has 5 heteroatoms. The van der Waals surface area contributed by atoms with E-state index >= 15 is 0 Å². The second-order valence-electron chi connectivity index (χ2n) is 6.77. The van der Waals surface area contributed by atoms with E-state index in [9.17, 15) is 14.7 Å². The summed E-state index contributed by atoms with van der Waals surface area (Å²) in [5, 5.41) is 12.4. The molecule has 1 aliphatic heterocycles. The molecule has 2 N–H and O–H groups in total. The summed E-state index contributed by atoms with van der Waals surface area (Å²) in [7, 11) is 0. The number of rotatable bonds is 5. The minimum absolute atomic E-state index is 0.0558. The quantitative estimate of drug-likeness (QED) is 0.817. The molecule has 0 aromatic heterocycles. The second-order valence-corrected chi connectivity index (χ2v) is 6.77. The highest BCUT2D eigenvalue weighted by Crippen LogP contribution is 2.38. The number of carbonyl (C=O) groups excluding carboxylic acids is 1. The van der Waals surface area contributed by atoms with Crippen molar-refractivity contribution >= 4 is 11.9 Å². The SMILES string of the molecule is CC[C@@H](C)[C@@H](C)C1OC(C)(C(=O)O)CC(C)C1NC(C)=O. The molecule has 0 aromatic rings. The lowest BCUT2D eigenvalue weighted by Crippen LogP contribution is -2.61. The van der Waals surface area contributed by atoms with Crippen LogP contribution in [0.4, 0.5) is 0 Å². The molecule has 1 heterocycles. The summed E-state index contributed by atoms with van der Waals surface area (Å²) in [4.78, 5) is 23.0. The molecule has 5 nitrogen and oxygen atoms in total. The summed E-state index contributed by atoms with van der Waals surface area (Å²) >= 11 is 0. The molecule has 0 saturated carbocycles. The number of amides is 1. The van der Waals surface area contributed by atoms with E-state index in [2.05, 4.69) is 26.1 Å². The molecule has 0 spiro atoms. The number of hydrogen-bond donors (Lipinski definition) is 2. The summed E-state index contributed by atoms with van der Waals surface area (Å²) in [5.41, 5.74) is -1.18. The average Bonchev–Trinajstić information content (AvgIpc) is 2.39. The summed E-state index contributed by atoms with van der Waals surface area (Å²) in [6, 6.07) is -0.140. The fraction of sp³-hybridized carbons (Fsp3) is 0.875. The van der Waals surface area contributed by atoms with Crippen molar-refractivity contribution in [1.82, 2.24) is 5.32 Å². The van der Waals surface area contributed by atoms with Crippen LogP contribution in [0.15, 0.2) is 0 Å². The molecule has 0 aromatic carbocycles. The topological polar surface area (TPSA) is 75.6 Å². The number of hydrogen-bond acceptors (Lipinski definition) is 3. The van der Waals surface area contributed by atoms with Crippen LogP contribution in [0, 0.1) is 17.8 Å². The lowest BCUT2D eigenvalue weighted by molar-refractivity contribution is -0.200.